The third kappa shape index (κ3) is 1.87. The van der Waals surface area contributed by atoms with Crippen molar-refractivity contribution in [3.63, 3.8) is 0 Å². The quantitative estimate of drug-likeness (QED) is 0.424. The van der Waals surface area contributed by atoms with Crippen molar-refractivity contribution in [2.45, 2.75) is 13.8 Å². The summed E-state index contributed by atoms with van der Waals surface area (Å²) in [7, 11) is 0. The number of hydrogen-bond donors (Lipinski definition) is 2. The van der Waals surface area contributed by atoms with Crippen molar-refractivity contribution in [2.75, 3.05) is 0 Å². The molecule has 0 spiro atoms. The fourth-order valence-corrected chi connectivity index (χ4v) is 1.09. The van der Waals surface area contributed by atoms with Crippen molar-refractivity contribution in [3.8, 4) is 0 Å². The van der Waals surface area contributed by atoms with Crippen molar-refractivity contribution in [1.82, 2.24) is 4.98 Å². The molecular weight excluding hydrogens is 182 g/mol. The standard InChI is InChI=1S/C9H11N3O2/c1-6(11-13)8-4-3-5-10-9(8)7(2)12-14/h3-5,13-14H,1-2H3. The van der Waals surface area contributed by atoms with E-state index in [1.807, 2.05) is 0 Å². The molecule has 1 aromatic rings. The van der Waals surface area contributed by atoms with Gasteiger partial charge in [0.1, 0.15) is 5.71 Å². The van der Waals surface area contributed by atoms with E-state index in [2.05, 4.69) is 15.3 Å². The SMILES string of the molecule is CC(=NO)c1cccnc1C(C)=NO. The first kappa shape index (κ1) is 10.2. The number of pyridine rings is 1. The summed E-state index contributed by atoms with van der Waals surface area (Å²) in [4.78, 5) is 4.04. The molecule has 1 rings (SSSR count). The van der Waals surface area contributed by atoms with Crippen LogP contribution in [0.3, 0.4) is 0 Å². The predicted octanol–water partition coefficient (Wildman–Crippen LogP) is 1.48. The van der Waals surface area contributed by atoms with Crippen LogP contribution in [0.5, 0.6) is 0 Å². The molecule has 0 saturated carbocycles. The van der Waals surface area contributed by atoms with Gasteiger partial charge in [-0.3, -0.25) is 4.98 Å². The number of aromatic nitrogens is 1. The van der Waals surface area contributed by atoms with Crippen molar-refractivity contribution < 1.29 is 10.4 Å². The van der Waals surface area contributed by atoms with E-state index in [4.69, 9.17) is 10.4 Å². The summed E-state index contributed by atoms with van der Waals surface area (Å²) in [6.07, 6.45) is 1.58. The summed E-state index contributed by atoms with van der Waals surface area (Å²) in [6, 6.07) is 3.46. The van der Waals surface area contributed by atoms with Gasteiger partial charge in [0.05, 0.1) is 11.4 Å². The lowest BCUT2D eigenvalue weighted by Crippen LogP contribution is -2.08. The van der Waals surface area contributed by atoms with Crippen LogP contribution in [0.15, 0.2) is 28.6 Å². The zero-order chi connectivity index (χ0) is 10.6. The molecule has 1 aromatic heterocycles. The summed E-state index contributed by atoms with van der Waals surface area (Å²) in [5, 5.41) is 23.4. The lowest BCUT2D eigenvalue weighted by molar-refractivity contribution is 0.318. The summed E-state index contributed by atoms with van der Waals surface area (Å²) >= 11 is 0. The van der Waals surface area contributed by atoms with Gasteiger partial charge in [-0.25, -0.2) is 0 Å². The fraction of sp³-hybridized carbons (Fsp3) is 0.222. The summed E-state index contributed by atoms with van der Waals surface area (Å²) in [5.41, 5.74) is 1.95. The molecule has 0 aliphatic heterocycles. The highest BCUT2D eigenvalue weighted by atomic mass is 16.4. The van der Waals surface area contributed by atoms with Crippen LogP contribution in [0, 0.1) is 0 Å². The molecular formula is C9H11N3O2. The lowest BCUT2D eigenvalue weighted by Gasteiger charge is -2.04. The van der Waals surface area contributed by atoms with Gasteiger partial charge in [0.15, 0.2) is 0 Å². The smallest absolute Gasteiger partial charge is 0.103 e. The Morgan fingerprint density at radius 2 is 1.86 bits per heavy atom. The van der Waals surface area contributed by atoms with E-state index in [1.54, 1.807) is 32.2 Å². The van der Waals surface area contributed by atoms with E-state index >= 15 is 0 Å². The van der Waals surface area contributed by atoms with Gasteiger partial charge in [-0.2, -0.15) is 0 Å². The minimum absolute atomic E-state index is 0.378. The van der Waals surface area contributed by atoms with E-state index in [9.17, 15) is 0 Å². The molecule has 0 unspecified atom stereocenters. The van der Waals surface area contributed by atoms with Crippen molar-refractivity contribution in [2.24, 2.45) is 10.3 Å². The molecule has 74 valence electrons. The maximum Gasteiger partial charge on any atom is 0.103 e. The van der Waals surface area contributed by atoms with Crippen LogP contribution in [-0.4, -0.2) is 26.8 Å². The predicted molar refractivity (Wildman–Crippen MR) is 52.2 cm³/mol. The monoisotopic (exact) mass is 193 g/mol. The van der Waals surface area contributed by atoms with Crippen LogP contribution in [-0.2, 0) is 0 Å². The molecule has 0 aliphatic carbocycles. The second kappa shape index (κ2) is 4.36. The number of hydrogen-bond acceptors (Lipinski definition) is 5. The number of rotatable bonds is 2. The number of nitrogens with zero attached hydrogens (tertiary/aromatic N) is 3. The summed E-state index contributed by atoms with van der Waals surface area (Å²) < 4.78 is 0. The Kier molecular flexibility index (Phi) is 3.17. The van der Waals surface area contributed by atoms with Gasteiger partial charge >= 0.3 is 0 Å². The average molecular weight is 193 g/mol. The second-order valence-corrected chi connectivity index (χ2v) is 2.77. The van der Waals surface area contributed by atoms with E-state index in [0.717, 1.165) is 0 Å². The van der Waals surface area contributed by atoms with Gasteiger partial charge in [-0.15, -0.1) is 0 Å². The van der Waals surface area contributed by atoms with E-state index < -0.39 is 0 Å². The van der Waals surface area contributed by atoms with Crippen molar-refractivity contribution >= 4 is 11.4 Å². The fourth-order valence-electron chi connectivity index (χ4n) is 1.09. The van der Waals surface area contributed by atoms with Gasteiger partial charge in [-0.05, 0) is 26.0 Å². The first-order valence-electron chi connectivity index (χ1n) is 4.03. The molecule has 5 nitrogen and oxygen atoms in total. The molecule has 0 saturated heterocycles. The molecule has 5 heteroatoms. The Morgan fingerprint density at radius 3 is 2.43 bits per heavy atom. The lowest BCUT2D eigenvalue weighted by atomic mass is 10.1. The molecule has 0 fully saturated rings. The molecule has 1 heterocycles. The molecule has 14 heavy (non-hydrogen) atoms. The molecule has 0 atom stereocenters. The second-order valence-electron chi connectivity index (χ2n) is 2.77. The zero-order valence-electron chi connectivity index (χ0n) is 7.97. The summed E-state index contributed by atoms with van der Waals surface area (Å²) in [6.45, 7) is 3.27. The van der Waals surface area contributed by atoms with Crippen LogP contribution in [0.1, 0.15) is 25.1 Å². The van der Waals surface area contributed by atoms with Crippen LogP contribution < -0.4 is 0 Å². The Hall–Kier alpha value is -1.91. The summed E-state index contributed by atoms with van der Waals surface area (Å²) in [5.74, 6) is 0. The molecule has 0 radical (unpaired) electrons. The van der Waals surface area contributed by atoms with Crippen LogP contribution in [0.25, 0.3) is 0 Å². The van der Waals surface area contributed by atoms with Gasteiger partial charge < -0.3 is 10.4 Å². The minimum Gasteiger partial charge on any atom is -0.411 e. The van der Waals surface area contributed by atoms with Gasteiger partial charge in [0.25, 0.3) is 0 Å². The highest BCUT2D eigenvalue weighted by Gasteiger charge is 2.09. The van der Waals surface area contributed by atoms with Gasteiger partial charge in [-0.1, -0.05) is 10.3 Å². The van der Waals surface area contributed by atoms with E-state index in [1.165, 1.54) is 0 Å². The van der Waals surface area contributed by atoms with Crippen molar-refractivity contribution in [1.29, 1.82) is 0 Å². The largest absolute Gasteiger partial charge is 0.411 e. The maximum atomic E-state index is 8.62. The maximum absolute atomic E-state index is 8.62. The van der Waals surface area contributed by atoms with E-state index in [-0.39, 0.29) is 0 Å². The highest BCUT2D eigenvalue weighted by Crippen LogP contribution is 2.08. The molecule has 2 N–H and O–H groups in total. The minimum atomic E-state index is 0.378. The Bertz CT molecular complexity index is 348. The third-order valence-electron chi connectivity index (χ3n) is 1.84. The average Bonchev–Trinajstić information content (AvgIpc) is 2.27. The number of oxime groups is 2. The van der Waals surface area contributed by atoms with Crippen LogP contribution in [0.2, 0.25) is 0 Å². The van der Waals surface area contributed by atoms with Crippen molar-refractivity contribution in [3.05, 3.63) is 29.6 Å². The Balaban J connectivity index is 3.30. The van der Waals surface area contributed by atoms with Crippen LogP contribution >= 0.6 is 0 Å². The molecule has 0 aliphatic rings. The zero-order valence-corrected chi connectivity index (χ0v) is 7.97. The van der Waals surface area contributed by atoms with E-state index in [0.29, 0.717) is 22.7 Å². The first-order valence-corrected chi connectivity index (χ1v) is 4.03. The Labute approximate surface area is 81.4 Å². The van der Waals surface area contributed by atoms with Crippen LogP contribution in [0.4, 0.5) is 0 Å². The highest BCUT2D eigenvalue weighted by molar-refractivity contribution is 6.09. The normalized spacial score (nSPS) is 13.0. The molecule has 0 amide bonds. The Morgan fingerprint density at radius 1 is 1.21 bits per heavy atom. The molecule has 0 aromatic carbocycles. The van der Waals surface area contributed by atoms with Gasteiger partial charge in [0.2, 0.25) is 0 Å². The van der Waals surface area contributed by atoms with Gasteiger partial charge in [0, 0.05) is 11.8 Å². The third-order valence-corrected chi connectivity index (χ3v) is 1.84. The topological polar surface area (TPSA) is 78.1 Å². The first-order chi connectivity index (χ1) is 6.70. The molecule has 0 bridgehead atoms.